The summed E-state index contributed by atoms with van der Waals surface area (Å²) < 4.78 is 1.93. The third kappa shape index (κ3) is 2.69. The first kappa shape index (κ1) is 13.1. The highest BCUT2D eigenvalue weighted by Gasteiger charge is 2.05. The molecule has 1 aromatic carbocycles. The van der Waals surface area contributed by atoms with E-state index in [9.17, 15) is 4.79 Å². The zero-order valence-corrected chi connectivity index (χ0v) is 11.5. The summed E-state index contributed by atoms with van der Waals surface area (Å²) in [6.45, 7) is 4.31. The molecule has 0 saturated carbocycles. The zero-order chi connectivity index (χ0) is 14.7. The second-order valence-electron chi connectivity index (χ2n) is 4.74. The Hall–Kier alpha value is -2.88. The number of aromatic nitrogens is 3. The second kappa shape index (κ2) is 5.63. The fourth-order valence-corrected chi connectivity index (χ4v) is 2.27. The van der Waals surface area contributed by atoms with Crippen molar-refractivity contribution in [2.45, 2.75) is 6.54 Å². The maximum atomic E-state index is 12.2. The second-order valence-corrected chi connectivity index (χ2v) is 4.74. The van der Waals surface area contributed by atoms with Crippen molar-refractivity contribution in [1.82, 2.24) is 14.5 Å². The van der Waals surface area contributed by atoms with E-state index in [0.717, 1.165) is 17.0 Å². The molecule has 0 aliphatic rings. The molecule has 4 heteroatoms. The summed E-state index contributed by atoms with van der Waals surface area (Å²) >= 11 is 0. The maximum Gasteiger partial charge on any atom is 0.256 e. The van der Waals surface area contributed by atoms with Crippen molar-refractivity contribution < 1.29 is 0 Å². The number of hydrogen-bond acceptors (Lipinski definition) is 2. The molecule has 0 aliphatic heterocycles. The van der Waals surface area contributed by atoms with E-state index in [1.54, 1.807) is 18.6 Å². The Labute approximate surface area is 122 Å². The fraction of sp³-hybridized carbons (Fsp3) is 0.0588. The molecule has 0 bridgehead atoms. The number of rotatable bonds is 4. The van der Waals surface area contributed by atoms with E-state index in [1.165, 1.54) is 0 Å². The lowest BCUT2D eigenvalue weighted by molar-refractivity contribution is 0.763. The molecule has 0 aliphatic carbocycles. The van der Waals surface area contributed by atoms with Crippen LogP contribution < -0.4 is 5.56 Å². The van der Waals surface area contributed by atoms with Gasteiger partial charge in [-0.3, -0.25) is 4.79 Å². The third-order valence-electron chi connectivity index (χ3n) is 3.35. The molecule has 21 heavy (non-hydrogen) atoms. The Balaban J connectivity index is 1.92. The van der Waals surface area contributed by atoms with E-state index in [0.29, 0.717) is 12.1 Å². The van der Waals surface area contributed by atoms with Crippen LogP contribution in [0.1, 0.15) is 11.4 Å². The summed E-state index contributed by atoms with van der Waals surface area (Å²) in [5.41, 5.74) is 3.26. The van der Waals surface area contributed by atoms with Crippen molar-refractivity contribution in [3.8, 4) is 11.1 Å². The van der Waals surface area contributed by atoms with Crippen molar-refractivity contribution in [2.24, 2.45) is 0 Å². The minimum atomic E-state index is -0.0843. The molecule has 0 atom stereocenters. The van der Waals surface area contributed by atoms with E-state index >= 15 is 0 Å². The number of imidazole rings is 1. The standard InChI is InChI=1S/C17H15N3O/c1-2-15-10-18-12-20(15)11-14-8-9-16(17(21)19-14)13-6-4-3-5-7-13/h2-10,12H,1,11H2,(H,19,21). The van der Waals surface area contributed by atoms with Crippen molar-refractivity contribution in [2.75, 3.05) is 0 Å². The lowest BCUT2D eigenvalue weighted by atomic mass is 10.1. The van der Waals surface area contributed by atoms with Gasteiger partial charge in [0.1, 0.15) is 0 Å². The maximum absolute atomic E-state index is 12.2. The number of nitrogens with zero attached hydrogens (tertiary/aromatic N) is 2. The molecule has 1 N–H and O–H groups in total. The average Bonchev–Trinajstić information content (AvgIpc) is 2.95. The van der Waals surface area contributed by atoms with Crippen LogP contribution >= 0.6 is 0 Å². The first-order valence-corrected chi connectivity index (χ1v) is 6.68. The summed E-state index contributed by atoms with van der Waals surface area (Å²) in [4.78, 5) is 19.2. The van der Waals surface area contributed by atoms with Crippen LogP contribution in [0.4, 0.5) is 0 Å². The molecular formula is C17H15N3O. The molecule has 4 nitrogen and oxygen atoms in total. The largest absolute Gasteiger partial charge is 0.325 e. The molecule has 104 valence electrons. The number of aromatic amines is 1. The first-order chi connectivity index (χ1) is 10.3. The molecule has 2 aromatic heterocycles. The van der Waals surface area contributed by atoms with Crippen LogP contribution in [-0.2, 0) is 6.54 Å². The summed E-state index contributed by atoms with van der Waals surface area (Å²) in [6, 6.07) is 13.4. The predicted molar refractivity (Wildman–Crippen MR) is 83.9 cm³/mol. The van der Waals surface area contributed by atoms with Crippen LogP contribution in [0.15, 0.2) is 66.4 Å². The van der Waals surface area contributed by atoms with Gasteiger partial charge in [0.15, 0.2) is 0 Å². The predicted octanol–water partition coefficient (Wildman–Crippen LogP) is 2.93. The summed E-state index contributed by atoms with van der Waals surface area (Å²) in [5.74, 6) is 0. The quantitative estimate of drug-likeness (QED) is 0.797. The number of hydrogen-bond donors (Lipinski definition) is 1. The van der Waals surface area contributed by atoms with Crippen LogP contribution in [0.25, 0.3) is 17.2 Å². The highest BCUT2D eigenvalue weighted by Crippen LogP contribution is 2.14. The summed E-state index contributed by atoms with van der Waals surface area (Å²) in [5, 5.41) is 0. The van der Waals surface area contributed by atoms with Crippen molar-refractivity contribution in [1.29, 1.82) is 0 Å². The lowest BCUT2D eigenvalue weighted by Gasteiger charge is -2.07. The molecule has 0 fully saturated rings. The normalized spacial score (nSPS) is 10.5. The third-order valence-corrected chi connectivity index (χ3v) is 3.35. The van der Waals surface area contributed by atoms with Crippen LogP contribution in [0, 0.1) is 0 Å². The highest BCUT2D eigenvalue weighted by molar-refractivity contribution is 5.62. The summed E-state index contributed by atoms with van der Waals surface area (Å²) in [7, 11) is 0. The van der Waals surface area contributed by atoms with E-state index in [2.05, 4.69) is 16.5 Å². The van der Waals surface area contributed by atoms with Gasteiger partial charge >= 0.3 is 0 Å². The Morgan fingerprint density at radius 2 is 2.00 bits per heavy atom. The molecule has 3 aromatic rings. The van der Waals surface area contributed by atoms with Crippen LogP contribution in [0.5, 0.6) is 0 Å². The minimum Gasteiger partial charge on any atom is -0.325 e. The monoisotopic (exact) mass is 277 g/mol. The van der Waals surface area contributed by atoms with Gasteiger partial charge in [0.05, 0.1) is 24.8 Å². The van der Waals surface area contributed by atoms with E-state index in [4.69, 9.17) is 0 Å². The number of benzene rings is 1. The number of H-pyrrole nitrogens is 1. The zero-order valence-electron chi connectivity index (χ0n) is 11.5. The molecule has 3 rings (SSSR count). The SMILES string of the molecule is C=Cc1cncn1Cc1ccc(-c2ccccc2)c(=O)[nH]1. The molecule has 0 saturated heterocycles. The van der Waals surface area contributed by atoms with Gasteiger partial charge in [0, 0.05) is 11.3 Å². The molecule has 0 amide bonds. The molecule has 2 heterocycles. The van der Waals surface area contributed by atoms with E-state index in [-0.39, 0.29) is 5.56 Å². The van der Waals surface area contributed by atoms with Gasteiger partial charge in [0.25, 0.3) is 5.56 Å². The summed E-state index contributed by atoms with van der Waals surface area (Å²) in [6.07, 6.45) is 5.20. The number of nitrogens with one attached hydrogen (secondary N) is 1. The highest BCUT2D eigenvalue weighted by atomic mass is 16.1. The topological polar surface area (TPSA) is 50.7 Å². The van der Waals surface area contributed by atoms with Crippen LogP contribution in [0.3, 0.4) is 0 Å². The smallest absolute Gasteiger partial charge is 0.256 e. The Morgan fingerprint density at radius 1 is 1.19 bits per heavy atom. The van der Waals surface area contributed by atoms with Crippen LogP contribution in [-0.4, -0.2) is 14.5 Å². The Kier molecular flexibility index (Phi) is 3.51. The Bertz CT molecular complexity index is 815. The van der Waals surface area contributed by atoms with Gasteiger partial charge in [-0.05, 0) is 23.8 Å². The van der Waals surface area contributed by atoms with Gasteiger partial charge in [0.2, 0.25) is 0 Å². The van der Waals surface area contributed by atoms with Crippen molar-refractivity contribution >= 4 is 6.08 Å². The molecule has 0 radical (unpaired) electrons. The molecular weight excluding hydrogens is 262 g/mol. The van der Waals surface area contributed by atoms with Gasteiger partial charge in [-0.1, -0.05) is 36.9 Å². The van der Waals surface area contributed by atoms with Gasteiger partial charge < -0.3 is 9.55 Å². The molecule has 0 unspecified atom stereocenters. The first-order valence-electron chi connectivity index (χ1n) is 6.68. The van der Waals surface area contributed by atoms with Gasteiger partial charge in [-0.2, -0.15) is 0 Å². The Morgan fingerprint density at radius 3 is 2.71 bits per heavy atom. The number of pyridine rings is 1. The van der Waals surface area contributed by atoms with E-state index in [1.807, 2.05) is 47.0 Å². The average molecular weight is 277 g/mol. The van der Waals surface area contributed by atoms with Crippen molar-refractivity contribution in [3.63, 3.8) is 0 Å². The van der Waals surface area contributed by atoms with Gasteiger partial charge in [-0.25, -0.2) is 4.98 Å². The van der Waals surface area contributed by atoms with Gasteiger partial charge in [-0.15, -0.1) is 0 Å². The van der Waals surface area contributed by atoms with Crippen molar-refractivity contribution in [3.05, 3.63) is 83.3 Å². The minimum absolute atomic E-state index is 0.0843. The molecule has 0 spiro atoms. The lowest BCUT2D eigenvalue weighted by Crippen LogP contribution is -2.13. The van der Waals surface area contributed by atoms with E-state index < -0.39 is 0 Å². The van der Waals surface area contributed by atoms with Crippen LogP contribution in [0.2, 0.25) is 0 Å². The fourth-order valence-electron chi connectivity index (χ4n) is 2.27.